The van der Waals surface area contributed by atoms with Gasteiger partial charge >= 0.3 is 0 Å². The summed E-state index contributed by atoms with van der Waals surface area (Å²) < 4.78 is 5.63. The van der Waals surface area contributed by atoms with Crippen molar-refractivity contribution in [3.8, 4) is 5.75 Å². The van der Waals surface area contributed by atoms with E-state index in [1.165, 1.54) is 0 Å². The van der Waals surface area contributed by atoms with Crippen molar-refractivity contribution in [2.24, 2.45) is 11.8 Å². The van der Waals surface area contributed by atoms with Crippen molar-refractivity contribution in [2.75, 3.05) is 19.7 Å². The van der Waals surface area contributed by atoms with Crippen LogP contribution in [-0.2, 0) is 4.79 Å². The van der Waals surface area contributed by atoms with Crippen LogP contribution in [0.1, 0.15) is 25.7 Å². The van der Waals surface area contributed by atoms with Gasteiger partial charge in [-0.2, -0.15) is 0 Å². The Bertz CT molecular complexity index is 481. The Morgan fingerprint density at radius 3 is 2.43 bits per heavy atom. The largest absolute Gasteiger partial charge is 0.494 e. The van der Waals surface area contributed by atoms with Gasteiger partial charge in [-0.3, -0.25) is 4.79 Å². The van der Waals surface area contributed by atoms with Crippen LogP contribution in [0.5, 0.6) is 5.75 Å². The topological polar surface area (TPSA) is 29.5 Å². The number of rotatable bonds is 5. The molecule has 3 nitrogen and oxygen atoms in total. The summed E-state index contributed by atoms with van der Waals surface area (Å²) in [4.78, 5) is 14.3. The second kappa shape index (κ2) is 6.79. The van der Waals surface area contributed by atoms with Crippen LogP contribution in [0.4, 0.5) is 0 Å². The molecule has 0 aromatic heterocycles. The van der Waals surface area contributed by atoms with Crippen molar-refractivity contribution in [3.63, 3.8) is 0 Å². The summed E-state index contributed by atoms with van der Waals surface area (Å²) in [5.74, 6) is 2.56. The fourth-order valence-corrected chi connectivity index (χ4v) is 3.31. The van der Waals surface area contributed by atoms with Gasteiger partial charge in [0, 0.05) is 19.5 Å². The first kappa shape index (κ1) is 14.2. The third-order valence-electron chi connectivity index (χ3n) is 4.52. The molecule has 0 bridgehead atoms. The zero-order chi connectivity index (χ0) is 14.5. The number of likely N-dealkylation sites (tertiary alicyclic amines) is 1. The molecule has 21 heavy (non-hydrogen) atoms. The number of carbonyl (C=O) groups is 1. The second-order valence-electron chi connectivity index (χ2n) is 6.03. The molecule has 0 N–H and O–H groups in total. The van der Waals surface area contributed by atoms with E-state index in [-0.39, 0.29) is 0 Å². The third-order valence-corrected chi connectivity index (χ3v) is 4.52. The number of nitrogens with zero attached hydrogens (tertiary/aromatic N) is 1. The predicted octanol–water partition coefficient (Wildman–Crippen LogP) is 3.27. The minimum Gasteiger partial charge on any atom is -0.494 e. The molecule has 1 amide bonds. The Morgan fingerprint density at radius 2 is 1.76 bits per heavy atom. The number of fused-ring (bicyclic) bond motifs is 1. The number of allylic oxidation sites excluding steroid dienone is 2. The highest BCUT2D eigenvalue weighted by molar-refractivity contribution is 5.76. The summed E-state index contributed by atoms with van der Waals surface area (Å²) >= 11 is 0. The highest BCUT2D eigenvalue weighted by atomic mass is 16.5. The molecule has 1 aromatic carbocycles. The van der Waals surface area contributed by atoms with Crippen molar-refractivity contribution in [3.05, 3.63) is 42.5 Å². The highest BCUT2D eigenvalue weighted by Crippen LogP contribution is 2.33. The molecule has 112 valence electrons. The Labute approximate surface area is 126 Å². The van der Waals surface area contributed by atoms with Crippen molar-refractivity contribution >= 4 is 5.91 Å². The molecule has 2 atom stereocenters. The monoisotopic (exact) mass is 285 g/mol. The van der Waals surface area contributed by atoms with Gasteiger partial charge in [0.2, 0.25) is 5.91 Å². The van der Waals surface area contributed by atoms with E-state index in [1.807, 2.05) is 30.3 Å². The summed E-state index contributed by atoms with van der Waals surface area (Å²) in [6, 6.07) is 9.78. The molecule has 0 spiro atoms. The molecule has 3 heteroatoms. The van der Waals surface area contributed by atoms with E-state index in [0.717, 1.165) is 38.1 Å². The van der Waals surface area contributed by atoms with Crippen LogP contribution in [-0.4, -0.2) is 30.5 Å². The minimum absolute atomic E-state index is 0.293. The Balaban J connectivity index is 1.37. The van der Waals surface area contributed by atoms with E-state index in [4.69, 9.17) is 4.74 Å². The number of hydrogen-bond acceptors (Lipinski definition) is 2. The molecular weight excluding hydrogens is 262 g/mol. The van der Waals surface area contributed by atoms with Crippen LogP contribution in [0, 0.1) is 11.8 Å². The summed E-state index contributed by atoms with van der Waals surface area (Å²) in [5.41, 5.74) is 0. The van der Waals surface area contributed by atoms with Crippen molar-refractivity contribution in [2.45, 2.75) is 25.7 Å². The summed E-state index contributed by atoms with van der Waals surface area (Å²) in [7, 11) is 0. The number of para-hydroxylation sites is 1. The highest BCUT2D eigenvalue weighted by Gasteiger charge is 2.34. The fraction of sp³-hybridized carbons (Fsp3) is 0.500. The van der Waals surface area contributed by atoms with Crippen LogP contribution < -0.4 is 4.74 Å². The van der Waals surface area contributed by atoms with Gasteiger partial charge in [0.15, 0.2) is 0 Å². The van der Waals surface area contributed by atoms with E-state index >= 15 is 0 Å². The van der Waals surface area contributed by atoms with Crippen LogP contribution in [0.3, 0.4) is 0 Å². The van der Waals surface area contributed by atoms with Gasteiger partial charge in [-0.1, -0.05) is 30.4 Å². The normalized spacial score (nSPS) is 23.9. The third kappa shape index (κ3) is 3.66. The quantitative estimate of drug-likeness (QED) is 0.614. The zero-order valence-corrected chi connectivity index (χ0v) is 12.4. The molecular formula is C18H23NO2. The van der Waals surface area contributed by atoms with Crippen LogP contribution in [0.15, 0.2) is 42.5 Å². The first-order chi connectivity index (χ1) is 10.3. The average Bonchev–Trinajstić information content (AvgIpc) is 2.96. The van der Waals surface area contributed by atoms with Crippen molar-refractivity contribution in [1.29, 1.82) is 0 Å². The van der Waals surface area contributed by atoms with Gasteiger partial charge in [0.05, 0.1) is 6.61 Å². The van der Waals surface area contributed by atoms with Gasteiger partial charge in [0.25, 0.3) is 0 Å². The number of amides is 1. The lowest BCUT2D eigenvalue weighted by Crippen LogP contribution is -2.29. The summed E-state index contributed by atoms with van der Waals surface area (Å²) in [6.07, 6.45) is 8.21. The van der Waals surface area contributed by atoms with E-state index in [9.17, 15) is 4.79 Å². The first-order valence-electron chi connectivity index (χ1n) is 7.93. The molecule has 0 radical (unpaired) electrons. The van der Waals surface area contributed by atoms with Crippen LogP contribution >= 0.6 is 0 Å². The molecule has 2 unspecified atom stereocenters. The first-order valence-corrected chi connectivity index (χ1v) is 7.93. The van der Waals surface area contributed by atoms with E-state index in [1.54, 1.807) is 0 Å². The second-order valence-corrected chi connectivity index (χ2v) is 6.03. The molecule has 1 aliphatic heterocycles. The predicted molar refractivity (Wildman–Crippen MR) is 83.1 cm³/mol. The number of carbonyl (C=O) groups excluding carboxylic acids is 1. The maximum Gasteiger partial charge on any atom is 0.222 e. The molecule has 3 rings (SSSR count). The van der Waals surface area contributed by atoms with Crippen molar-refractivity contribution in [1.82, 2.24) is 4.90 Å². The van der Waals surface area contributed by atoms with E-state index in [2.05, 4.69) is 17.1 Å². The molecule has 1 heterocycles. The van der Waals surface area contributed by atoms with Gasteiger partial charge in [-0.25, -0.2) is 0 Å². The van der Waals surface area contributed by atoms with E-state index < -0.39 is 0 Å². The van der Waals surface area contributed by atoms with Gasteiger partial charge in [-0.15, -0.1) is 0 Å². The molecule has 1 aromatic rings. The Morgan fingerprint density at radius 1 is 1.10 bits per heavy atom. The van der Waals surface area contributed by atoms with E-state index in [0.29, 0.717) is 30.8 Å². The maximum atomic E-state index is 12.2. The standard InChI is InChI=1S/C18H23NO2/c20-18(11-6-12-21-17-9-2-1-3-10-17)19-13-15-7-4-5-8-16(15)14-19/h1-5,9-10,15-16H,6-8,11-14H2. The number of ether oxygens (including phenoxy) is 1. The maximum absolute atomic E-state index is 12.2. The Kier molecular flexibility index (Phi) is 4.59. The smallest absolute Gasteiger partial charge is 0.222 e. The molecule has 1 aliphatic carbocycles. The molecule has 2 aliphatic rings. The van der Waals surface area contributed by atoms with Gasteiger partial charge in [-0.05, 0) is 43.2 Å². The summed E-state index contributed by atoms with van der Waals surface area (Å²) in [6.45, 7) is 2.51. The fourth-order valence-electron chi connectivity index (χ4n) is 3.31. The number of benzene rings is 1. The molecule has 1 saturated heterocycles. The molecule has 1 fully saturated rings. The van der Waals surface area contributed by atoms with Crippen molar-refractivity contribution < 1.29 is 9.53 Å². The van der Waals surface area contributed by atoms with Crippen LogP contribution in [0.2, 0.25) is 0 Å². The lowest BCUT2D eigenvalue weighted by molar-refractivity contribution is -0.130. The summed E-state index contributed by atoms with van der Waals surface area (Å²) in [5, 5.41) is 0. The average molecular weight is 285 g/mol. The Hall–Kier alpha value is -1.77. The molecule has 0 saturated carbocycles. The SMILES string of the molecule is O=C(CCCOc1ccccc1)N1CC2CC=CCC2C1. The zero-order valence-electron chi connectivity index (χ0n) is 12.4. The van der Waals surface area contributed by atoms with Gasteiger partial charge < -0.3 is 9.64 Å². The minimum atomic E-state index is 0.293. The lowest BCUT2D eigenvalue weighted by Gasteiger charge is -2.17. The van der Waals surface area contributed by atoms with Gasteiger partial charge in [0.1, 0.15) is 5.75 Å². The number of hydrogen-bond donors (Lipinski definition) is 0. The van der Waals surface area contributed by atoms with Crippen LogP contribution in [0.25, 0.3) is 0 Å². The lowest BCUT2D eigenvalue weighted by atomic mass is 9.86.